The molecule has 0 bridgehead atoms. The van der Waals surface area contributed by atoms with E-state index in [2.05, 4.69) is 10.2 Å². The quantitative estimate of drug-likeness (QED) is 0.367. The summed E-state index contributed by atoms with van der Waals surface area (Å²) in [5.41, 5.74) is 3.82. The van der Waals surface area contributed by atoms with Gasteiger partial charge in [-0.15, -0.1) is 10.2 Å². The molecule has 182 valence electrons. The fourth-order valence-electron chi connectivity index (χ4n) is 3.62. The van der Waals surface area contributed by atoms with Gasteiger partial charge in [-0.25, -0.2) is 12.9 Å². The van der Waals surface area contributed by atoms with Gasteiger partial charge in [0.1, 0.15) is 11.4 Å². The third-order valence-corrected chi connectivity index (χ3v) is 7.09. The number of fused-ring (bicyclic) bond motifs is 1. The number of aryl methyl sites for hydroxylation is 1. The fraction of sp³-hybridized carbons (Fsp3) is 0.240. The lowest BCUT2D eigenvalue weighted by molar-refractivity contribution is 0.181. The maximum absolute atomic E-state index is 13.6. The second kappa shape index (κ2) is 9.85. The Labute approximate surface area is 204 Å². The molecule has 2 aromatic carbocycles. The molecule has 0 radical (unpaired) electrons. The predicted octanol–water partition coefficient (Wildman–Crippen LogP) is 3.62. The molecule has 2 aromatic heterocycles. The zero-order valence-electron chi connectivity index (χ0n) is 20.3. The maximum Gasteiger partial charge on any atom is 0.227 e. The van der Waals surface area contributed by atoms with Crippen LogP contribution in [0.1, 0.15) is 17.0 Å². The Morgan fingerprint density at radius 1 is 1.00 bits per heavy atom. The van der Waals surface area contributed by atoms with Crippen LogP contribution in [0.5, 0.6) is 5.75 Å². The molecular weight excluding hydrogens is 466 g/mol. The molecule has 0 unspecified atom stereocenters. The van der Waals surface area contributed by atoms with Crippen molar-refractivity contribution in [2.45, 2.75) is 23.5 Å². The van der Waals surface area contributed by atoms with Crippen LogP contribution >= 0.6 is 0 Å². The molecule has 0 aliphatic heterocycles. The van der Waals surface area contributed by atoms with Crippen LogP contribution < -0.4 is 4.74 Å². The Morgan fingerprint density at radius 2 is 1.69 bits per heavy atom. The highest BCUT2D eigenvalue weighted by molar-refractivity contribution is 7.91. The summed E-state index contributed by atoms with van der Waals surface area (Å²) in [7, 11) is 2.90. The van der Waals surface area contributed by atoms with Gasteiger partial charge < -0.3 is 14.4 Å². The van der Waals surface area contributed by atoms with E-state index in [0.717, 1.165) is 11.1 Å². The molecule has 9 nitrogen and oxygen atoms in total. The van der Waals surface area contributed by atoms with Crippen molar-refractivity contribution in [3.05, 3.63) is 71.7 Å². The van der Waals surface area contributed by atoms with Gasteiger partial charge in [0.15, 0.2) is 5.65 Å². The van der Waals surface area contributed by atoms with E-state index < -0.39 is 9.84 Å². The number of nitrogens with zero attached hydrogens (tertiary/aromatic N) is 5. The first-order chi connectivity index (χ1) is 16.8. The van der Waals surface area contributed by atoms with E-state index in [9.17, 15) is 8.42 Å². The van der Waals surface area contributed by atoms with Crippen LogP contribution in [0.25, 0.3) is 22.9 Å². The van der Waals surface area contributed by atoms with Gasteiger partial charge in [-0.2, -0.15) is 5.10 Å². The molecule has 0 fully saturated rings. The van der Waals surface area contributed by atoms with Crippen LogP contribution in [-0.2, 0) is 21.2 Å². The first-order valence-corrected chi connectivity index (χ1v) is 12.3. The summed E-state index contributed by atoms with van der Waals surface area (Å²) in [6.07, 6.45) is 3.42. The summed E-state index contributed by atoms with van der Waals surface area (Å²) < 4.78 is 39.3. The molecule has 0 amide bonds. The number of rotatable bonds is 8. The predicted molar refractivity (Wildman–Crippen MR) is 133 cm³/mol. The smallest absolute Gasteiger partial charge is 0.227 e. The van der Waals surface area contributed by atoms with Gasteiger partial charge in [0.25, 0.3) is 0 Å². The van der Waals surface area contributed by atoms with E-state index in [4.69, 9.17) is 14.6 Å². The van der Waals surface area contributed by atoms with Gasteiger partial charge in [-0.05, 0) is 42.8 Å². The summed E-state index contributed by atoms with van der Waals surface area (Å²) in [4.78, 5) is 1.94. The average molecular weight is 494 g/mol. The average Bonchev–Trinajstić information content (AvgIpc) is 3.21. The number of sulfone groups is 1. The summed E-state index contributed by atoms with van der Waals surface area (Å²) in [6.45, 7) is 2.11. The van der Waals surface area contributed by atoms with Gasteiger partial charge in [0.05, 0.1) is 29.9 Å². The van der Waals surface area contributed by atoms with Gasteiger partial charge in [-0.1, -0.05) is 29.8 Å². The Hall–Kier alpha value is -3.76. The zero-order chi connectivity index (χ0) is 25.2. The first-order valence-electron chi connectivity index (χ1n) is 10.8. The van der Waals surface area contributed by atoms with Crippen LogP contribution in [-0.4, -0.2) is 61.4 Å². The van der Waals surface area contributed by atoms with Crippen molar-refractivity contribution >= 4 is 21.6 Å². The number of benzene rings is 2. The topological polar surface area (TPSA) is 98.9 Å². The lowest BCUT2D eigenvalue weighted by Gasteiger charge is -2.10. The maximum atomic E-state index is 13.6. The molecular formula is C25H27N5O4S. The fourth-order valence-corrected chi connectivity index (χ4v) is 4.92. The second-order valence-electron chi connectivity index (χ2n) is 8.20. The molecule has 4 aromatic rings. The van der Waals surface area contributed by atoms with Crippen molar-refractivity contribution in [2.24, 2.45) is 0 Å². The van der Waals surface area contributed by atoms with E-state index in [1.54, 1.807) is 55.7 Å². The molecule has 0 aliphatic carbocycles. The third kappa shape index (κ3) is 4.75. The minimum atomic E-state index is -3.97. The molecule has 4 rings (SSSR count). The molecule has 2 heterocycles. The third-order valence-electron chi connectivity index (χ3n) is 5.39. The van der Waals surface area contributed by atoms with Gasteiger partial charge in [0.2, 0.25) is 14.9 Å². The lowest BCUT2D eigenvalue weighted by Crippen LogP contribution is -2.13. The van der Waals surface area contributed by atoms with E-state index >= 15 is 0 Å². The zero-order valence-corrected chi connectivity index (χ0v) is 21.1. The van der Waals surface area contributed by atoms with Gasteiger partial charge in [0, 0.05) is 27.4 Å². The molecule has 0 saturated carbocycles. The van der Waals surface area contributed by atoms with Crippen LogP contribution in [0.3, 0.4) is 0 Å². The van der Waals surface area contributed by atoms with Crippen LogP contribution in [0.15, 0.2) is 64.7 Å². The van der Waals surface area contributed by atoms with Crippen molar-refractivity contribution in [1.82, 2.24) is 24.7 Å². The van der Waals surface area contributed by atoms with E-state index in [1.165, 1.54) is 4.52 Å². The SMILES string of the molecule is COCc1nn2c(/C=C/N(C)C)c(S(=O)(=O)c3ccc(C)cc3)nnc2c1-c1ccc(OC)cc1. The largest absolute Gasteiger partial charge is 0.497 e. The molecule has 0 aliphatic rings. The number of ether oxygens (including phenoxy) is 2. The van der Waals surface area contributed by atoms with Crippen molar-refractivity contribution in [3.8, 4) is 16.9 Å². The summed E-state index contributed by atoms with van der Waals surface area (Å²) in [5, 5.41) is 13.1. The second-order valence-corrected chi connectivity index (χ2v) is 10.1. The molecule has 0 N–H and O–H groups in total. The molecule has 0 saturated heterocycles. The minimum absolute atomic E-state index is 0.135. The standard InChI is InChI=1S/C25H27N5O4S/c1-17-6-12-20(13-7-17)35(31,32)25-22(14-15-29(2)3)30-24(26-27-25)23(21(28-30)16-33-4)18-8-10-19(34-5)11-9-18/h6-15H,16H2,1-5H3/b15-14+. The summed E-state index contributed by atoms with van der Waals surface area (Å²) in [6, 6.07) is 14.1. The number of hydrogen-bond acceptors (Lipinski definition) is 8. The monoisotopic (exact) mass is 493 g/mol. The molecule has 10 heteroatoms. The van der Waals surface area contributed by atoms with Gasteiger partial charge >= 0.3 is 0 Å². The Morgan fingerprint density at radius 3 is 2.29 bits per heavy atom. The summed E-state index contributed by atoms with van der Waals surface area (Å²) >= 11 is 0. The Balaban J connectivity index is 2.01. The molecule has 0 atom stereocenters. The van der Waals surface area contributed by atoms with E-state index in [1.807, 2.05) is 45.3 Å². The van der Waals surface area contributed by atoms with Crippen molar-refractivity contribution in [1.29, 1.82) is 0 Å². The Bertz CT molecular complexity index is 1480. The summed E-state index contributed by atoms with van der Waals surface area (Å²) in [5.74, 6) is 0.714. The van der Waals surface area contributed by atoms with Crippen molar-refractivity contribution in [2.75, 3.05) is 28.3 Å². The lowest BCUT2D eigenvalue weighted by atomic mass is 10.1. The van der Waals surface area contributed by atoms with Gasteiger partial charge in [-0.3, -0.25) is 0 Å². The van der Waals surface area contributed by atoms with E-state index in [0.29, 0.717) is 28.3 Å². The highest BCUT2D eigenvalue weighted by Gasteiger charge is 2.28. The highest BCUT2D eigenvalue weighted by atomic mass is 32.2. The number of methoxy groups -OCH3 is 2. The first kappa shape index (κ1) is 24.4. The van der Waals surface area contributed by atoms with Crippen LogP contribution in [0.4, 0.5) is 0 Å². The van der Waals surface area contributed by atoms with Crippen LogP contribution in [0, 0.1) is 6.92 Å². The van der Waals surface area contributed by atoms with Crippen molar-refractivity contribution < 1.29 is 17.9 Å². The minimum Gasteiger partial charge on any atom is -0.497 e. The normalized spacial score (nSPS) is 11.9. The number of hydrogen-bond donors (Lipinski definition) is 0. The molecule has 0 spiro atoms. The Kier molecular flexibility index (Phi) is 6.86. The van der Waals surface area contributed by atoms with Crippen LogP contribution in [0.2, 0.25) is 0 Å². The van der Waals surface area contributed by atoms with E-state index in [-0.39, 0.29) is 16.5 Å². The number of aromatic nitrogens is 4. The highest BCUT2D eigenvalue weighted by Crippen LogP contribution is 2.32. The molecule has 35 heavy (non-hydrogen) atoms. The van der Waals surface area contributed by atoms with Crippen molar-refractivity contribution in [3.63, 3.8) is 0 Å².